The van der Waals surface area contributed by atoms with E-state index in [0.29, 0.717) is 16.3 Å². The van der Waals surface area contributed by atoms with Gasteiger partial charge in [0.1, 0.15) is 0 Å². The Kier molecular flexibility index (Phi) is 4.00. The fraction of sp³-hybridized carbons (Fsp3) is 0. The first-order valence-corrected chi connectivity index (χ1v) is 7.26. The molecule has 0 bridgehead atoms. The van der Waals surface area contributed by atoms with Gasteiger partial charge in [0.05, 0.1) is 5.56 Å². The van der Waals surface area contributed by atoms with Crippen LogP contribution in [-0.4, -0.2) is 17.0 Å². The van der Waals surface area contributed by atoms with Crippen LogP contribution in [-0.2, 0) is 0 Å². The zero-order valence-corrected chi connectivity index (χ0v) is 12.7. The van der Waals surface area contributed by atoms with Gasteiger partial charge in [-0.3, -0.25) is 4.79 Å². The monoisotopic (exact) mass is 325 g/mol. The van der Waals surface area contributed by atoms with Gasteiger partial charge in [-0.05, 0) is 35.7 Å². The molecule has 0 saturated heterocycles. The summed E-state index contributed by atoms with van der Waals surface area (Å²) in [5.74, 6) is -1.36. The van der Waals surface area contributed by atoms with Crippen LogP contribution in [0, 0.1) is 0 Å². The van der Waals surface area contributed by atoms with Crippen LogP contribution in [0.4, 0.5) is 5.69 Å². The number of fused-ring (bicyclic) bond motifs is 1. The maximum atomic E-state index is 12.5. The van der Waals surface area contributed by atoms with Crippen LogP contribution in [0.5, 0.6) is 0 Å². The van der Waals surface area contributed by atoms with E-state index in [9.17, 15) is 9.59 Å². The van der Waals surface area contributed by atoms with E-state index in [-0.39, 0.29) is 11.5 Å². The van der Waals surface area contributed by atoms with E-state index < -0.39 is 5.97 Å². The summed E-state index contributed by atoms with van der Waals surface area (Å²) in [6.45, 7) is 0. The lowest BCUT2D eigenvalue weighted by atomic mass is 10.0. The number of carboxylic acids is 1. The molecule has 0 unspecified atom stereocenters. The van der Waals surface area contributed by atoms with Gasteiger partial charge < -0.3 is 10.4 Å². The van der Waals surface area contributed by atoms with Crippen molar-refractivity contribution in [2.24, 2.45) is 0 Å². The Morgan fingerprint density at radius 3 is 2.39 bits per heavy atom. The maximum Gasteiger partial charge on any atom is 0.335 e. The normalized spacial score (nSPS) is 10.5. The molecule has 23 heavy (non-hydrogen) atoms. The molecule has 0 fully saturated rings. The lowest BCUT2D eigenvalue weighted by Crippen LogP contribution is -2.12. The summed E-state index contributed by atoms with van der Waals surface area (Å²) in [7, 11) is 0. The van der Waals surface area contributed by atoms with E-state index in [1.54, 1.807) is 36.4 Å². The highest BCUT2D eigenvalue weighted by Gasteiger charge is 2.12. The molecule has 0 aliphatic heterocycles. The Labute approximate surface area is 137 Å². The van der Waals surface area contributed by atoms with Crippen molar-refractivity contribution < 1.29 is 14.7 Å². The molecule has 3 aromatic carbocycles. The highest BCUT2D eigenvalue weighted by molar-refractivity contribution is 6.36. The Hall–Kier alpha value is -2.85. The zero-order valence-electron chi connectivity index (χ0n) is 11.9. The number of hydrogen-bond acceptors (Lipinski definition) is 2. The van der Waals surface area contributed by atoms with Gasteiger partial charge in [-0.1, -0.05) is 41.9 Å². The van der Waals surface area contributed by atoms with Gasteiger partial charge in [0.25, 0.3) is 5.91 Å². The second kappa shape index (κ2) is 6.10. The Bertz CT molecular complexity index is 921. The summed E-state index contributed by atoms with van der Waals surface area (Å²) in [5, 5.41) is 13.8. The molecule has 1 amide bonds. The van der Waals surface area contributed by atoms with Crippen LogP contribution in [0.15, 0.2) is 60.7 Å². The van der Waals surface area contributed by atoms with E-state index in [0.717, 1.165) is 10.8 Å². The van der Waals surface area contributed by atoms with Gasteiger partial charge >= 0.3 is 5.97 Å². The van der Waals surface area contributed by atoms with E-state index in [1.165, 1.54) is 12.1 Å². The van der Waals surface area contributed by atoms with Crippen LogP contribution in [0.25, 0.3) is 10.8 Å². The second-order valence-corrected chi connectivity index (χ2v) is 5.39. The standard InChI is InChI=1S/C18H12ClNO3/c19-16-9-3-6-13-14(16)7-2-8-15(13)17(21)20-12-5-1-4-11(10-12)18(22)23/h1-10H,(H,20,21)(H,22,23). The molecule has 2 N–H and O–H groups in total. The molecule has 0 radical (unpaired) electrons. The molecule has 0 aromatic heterocycles. The van der Waals surface area contributed by atoms with E-state index in [2.05, 4.69) is 5.32 Å². The van der Waals surface area contributed by atoms with E-state index in [4.69, 9.17) is 16.7 Å². The summed E-state index contributed by atoms with van der Waals surface area (Å²) in [6, 6.07) is 16.8. The van der Waals surface area contributed by atoms with Crippen molar-refractivity contribution in [3.8, 4) is 0 Å². The van der Waals surface area contributed by atoms with Crippen molar-refractivity contribution in [3.05, 3.63) is 76.8 Å². The van der Waals surface area contributed by atoms with Crippen molar-refractivity contribution in [1.29, 1.82) is 0 Å². The third-order valence-electron chi connectivity index (χ3n) is 3.48. The predicted octanol–water partition coefficient (Wildman–Crippen LogP) is 4.44. The van der Waals surface area contributed by atoms with Crippen molar-refractivity contribution in [2.75, 3.05) is 5.32 Å². The summed E-state index contributed by atoms with van der Waals surface area (Å²) in [6.07, 6.45) is 0. The minimum atomic E-state index is -1.04. The molecule has 4 nitrogen and oxygen atoms in total. The lowest BCUT2D eigenvalue weighted by molar-refractivity contribution is 0.0696. The average Bonchev–Trinajstić information content (AvgIpc) is 2.55. The van der Waals surface area contributed by atoms with Crippen LogP contribution in [0.1, 0.15) is 20.7 Å². The number of carbonyl (C=O) groups excluding carboxylic acids is 1. The first kappa shape index (κ1) is 15.1. The molecule has 3 rings (SSSR count). The van der Waals surface area contributed by atoms with Crippen molar-refractivity contribution in [1.82, 2.24) is 0 Å². The largest absolute Gasteiger partial charge is 0.478 e. The van der Waals surface area contributed by atoms with Gasteiger partial charge in [-0.25, -0.2) is 4.79 Å². The minimum absolute atomic E-state index is 0.115. The number of anilines is 1. The fourth-order valence-electron chi connectivity index (χ4n) is 2.40. The smallest absolute Gasteiger partial charge is 0.335 e. The average molecular weight is 326 g/mol. The number of carbonyl (C=O) groups is 2. The third kappa shape index (κ3) is 3.03. The lowest BCUT2D eigenvalue weighted by Gasteiger charge is -2.09. The summed E-state index contributed by atoms with van der Waals surface area (Å²) in [4.78, 5) is 23.5. The number of halogens is 1. The highest BCUT2D eigenvalue weighted by atomic mass is 35.5. The summed E-state index contributed by atoms with van der Waals surface area (Å²) < 4.78 is 0. The van der Waals surface area contributed by atoms with Crippen LogP contribution < -0.4 is 5.32 Å². The third-order valence-corrected chi connectivity index (χ3v) is 3.81. The Morgan fingerprint density at radius 2 is 1.61 bits per heavy atom. The molecule has 5 heteroatoms. The number of carboxylic acid groups (broad SMARTS) is 1. The van der Waals surface area contributed by atoms with Crippen molar-refractivity contribution in [2.45, 2.75) is 0 Å². The van der Waals surface area contributed by atoms with Crippen molar-refractivity contribution in [3.63, 3.8) is 0 Å². The zero-order chi connectivity index (χ0) is 16.4. The first-order valence-electron chi connectivity index (χ1n) is 6.88. The first-order chi connectivity index (χ1) is 11.1. The van der Waals surface area contributed by atoms with E-state index >= 15 is 0 Å². The number of nitrogens with one attached hydrogen (secondary N) is 1. The van der Waals surface area contributed by atoms with Gasteiger partial charge in [0.15, 0.2) is 0 Å². The highest BCUT2D eigenvalue weighted by Crippen LogP contribution is 2.26. The number of aromatic carboxylic acids is 1. The molecular formula is C18H12ClNO3. The van der Waals surface area contributed by atoms with Crippen molar-refractivity contribution >= 4 is 39.9 Å². The topological polar surface area (TPSA) is 66.4 Å². The van der Waals surface area contributed by atoms with Gasteiger partial charge in [-0.15, -0.1) is 0 Å². The van der Waals surface area contributed by atoms with Crippen LogP contribution >= 0.6 is 11.6 Å². The number of benzene rings is 3. The summed E-state index contributed by atoms with van der Waals surface area (Å²) >= 11 is 6.15. The number of rotatable bonds is 3. The van der Waals surface area contributed by atoms with Gasteiger partial charge in [-0.2, -0.15) is 0 Å². The molecule has 0 saturated carbocycles. The summed E-state index contributed by atoms with van der Waals surface area (Å²) in [5.41, 5.74) is 1.02. The molecule has 0 aliphatic rings. The van der Waals surface area contributed by atoms with E-state index in [1.807, 2.05) is 12.1 Å². The molecule has 3 aromatic rings. The predicted molar refractivity (Wildman–Crippen MR) is 90.3 cm³/mol. The number of amides is 1. The maximum absolute atomic E-state index is 12.5. The molecule has 0 heterocycles. The molecule has 114 valence electrons. The fourth-order valence-corrected chi connectivity index (χ4v) is 2.64. The quantitative estimate of drug-likeness (QED) is 0.748. The molecule has 0 aliphatic carbocycles. The van der Waals surface area contributed by atoms with Gasteiger partial charge in [0.2, 0.25) is 0 Å². The Balaban J connectivity index is 1.97. The Morgan fingerprint density at radius 1 is 0.913 bits per heavy atom. The minimum Gasteiger partial charge on any atom is -0.478 e. The second-order valence-electron chi connectivity index (χ2n) is 4.98. The molecule has 0 atom stereocenters. The van der Waals surface area contributed by atoms with Gasteiger partial charge in [0, 0.05) is 21.7 Å². The van der Waals surface area contributed by atoms with Crippen LogP contribution in [0.2, 0.25) is 5.02 Å². The van der Waals surface area contributed by atoms with Crippen LogP contribution in [0.3, 0.4) is 0 Å². The molecular weight excluding hydrogens is 314 g/mol. The number of hydrogen-bond donors (Lipinski definition) is 2. The molecule has 0 spiro atoms. The SMILES string of the molecule is O=C(O)c1cccc(NC(=O)c2cccc3c(Cl)cccc23)c1.